The van der Waals surface area contributed by atoms with Gasteiger partial charge in [-0.2, -0.15) is 0 Å². The van der Waals surface area contributed by atoms with Crippen molar-refractivity contribution in [3.8, 4) is 0 Å². The molecule has 0 aliphatic rings. The van der Waals surface area contributed by atoms with Crippen LogP contribution in [0.25, 0.3) is 0 Å². The third-order valence-corrected chi connectivity index (χ3v) is 3.07. The van der Waals surface area contributed by atoms with Crippen LogP contribution in [-0.2, 0) is 0 Å². The van der Waals surface area contributed by atoms with Crippen molar-refractivity contribution in [1.29, 1.82) is 0 Å². The van der Waals surface area contributed by atoms with E-state index < -0.39 is 0 Å². The van der Waals surface area contributed by atoms with E-state index >= 15 is 0 Å². The van der Waals surface area contributed by atoms with Crippen molar-refractivity contribution >= 4 is 23.4 Å². The average Bonchev–Trinajstić information content (AvgIpc) is 2.31. The monoisotopic (exact) mass is 217 g/mol. The predicted molar refractivity (Wildman–Crippen MR) is 75.8 cm³/mol. The SMILES string of the molecule is [Li][CH2]CCCCC(CC)=NCCCCCC. The normalized spacial score (nSPS) is 12.1. The molecule has 0 N–H and O–H groups in total. The molecule has 1 nitrogen and oxygen atoms in total. The van der Waals surface area contributed by atoms with E-state index in [1.165, 1.54) is 62.2 Å². The van der Waals surface area contributed by atoms with E-state index in [4.69, 9.17) is 4.99 Å². The van der Waals surface area contributed by atoms with E-state index in [0.717, 1.165) is 13.0 Å². The first-order valence-electron chi connectivity index (χ1n) is 7.37. The molecule has 0 spiro atoms. The van der Waals surface area contributed by atoms with Gasteiger partial charge < -0.3 is 0 Å². The van der Waals surface area contributed by atoms with Crippen LogP contribution in [0.1, 0.15) is 71.6 Å². The topological polar surface area (TPSA) is 12.4 Å². The third-order valence-electron chi connectivity index (χ3n) is 3.07. The Bertz CT molecular complexity index is 166. The van der Waals surface area contributed by atoms with Crippen LogP contribution < -0.4 is 0 Å². The Morgan fingerprint density at radius 3 is 2.31 bits per heavy atom. The molecule has 0 saturated heterocycles. The van der Waals surface area contributed by atoms with Crippen LogP contribution in [0.3, 0.4) is 0 Å². The summed E-state index contributed by atoms with van der Waals surface area (Å²) in [7, 11) is 0. The first kappa shape index (κ1) is 16.3. The summed E-state index contributed by atoms with van der Waals surface area (Å²) in [6.45, 7) is 5.57. The first-order valence-corrected chi connectivity index (χ1v) is 7.37. The number of hydrogen-bond acceptors (Lipinski definition) is 1. The molecule has 0 radical (unpaired) electrons. The van der Waals surface area contributed by atoms with E-state index in [2.05, 4.69) is 31.6 Å². The van der Waals surface area contributed by atoms with Crippen molar-refractivity contribution in [3.05, 3.63) is 0 Å². The minimum absolute atomic E-state index is 1.07. The number of nitrogens with zero attached hydrogens (tertiary/aromatic N) is 1. The van der Waals surface area contributed by atoms with Crippen LogP contribution in [-0.4, -0.2) is 30.0 Å². The van der Waals surface area contributed by atoms with E-state index in [-0.39, 0.29) is 0 Å². The zero-order chi connectivity index (χ0) is 12.1. The molecule has 0 rings (SSSR count). The summed E-state index contributed by atoms with van der Waals surface area (Å²) in [4.78, 5) is 4.73. The number of aliphatic imine (C=N–C) groups is 1. The van der Waals surface area contributed by atoms with Gasteiger partial charge in [-0.25, -0.2) is 0 Å². The molecule has 0 aromatic rings. The Morgan fingerprint density at radius 2 is 1.69 bits per heavy atom. The fraction of sp³-hybridized carbons (Fsp3) is 0.929. The second-order valence-corrected chi connectivity index (χ2v) is 4.67. The van der Waals surface area contributed by atoms with Crippen molar-refractivity contribution < 1.29 is 0 Å². The minimum Gasteiger partial charge on any atom is -0.0654 e. The van der Waals surface area contributed by atoms with Crippen molar-refractivity contribution in [3.63, 3.8) is 0 Å². The van der Waals surface area contributed by atoms with Crippen LogP contribution in [0.2, 0.25) is 5.09 Å². The summed E-state index contributed by atoms with van der Waals surface area (Å²) >= 11 is 2.27. The summed E-state index contributed by atoms with van der Waals surface area (Å²) in [5.41, 5.74) is 1.45. The molecular weight excluding hydrogens is 189 g/mol. The molecule has 0 bridgehead atoms. The van der Waals surface area contributed by atoms with Crippen LogP contribution in [0, 0.1) is 0 Å². The van der Waals surface area contributed by atoms with E-state index in [1.807, 2.05) is 0 Å². The summed E-state index contributed by atoms with van der Waals surface area (Å²) in [5.74, 6) is 0. The van der Waals surface area contributed by atoms with E-state index in [9.17, 15) is 0 Å². The second-order valence-electron chi connectivity index (χ2n) is 4.67. The molecule has 0 aliphatic heterocycles. The van der Waals surface area contributed by atoms with Gasteiger partial charge in [-0.05, 0) is 0 Å². The quantitative estimate of drug-likeness (QED) is 0.273. The summed E-state index contributed by atoms with van der Waals surface area (Å²) in [5, 5.41) is 1.33. The smallest absolute Gasteiger partial charge is 0.0654 e. The standard InChI is InChI=1S/C14H28N.Li/c1-4-7-9-11-13-15-14(6-3)12-10-8-5-2;/h2,4-13H2,1,3H3;. The van der Waals surface area contributed by atoms with Gasteiger partial charge in [0, 0.05) is 0 Å². The molecule has 2 heteroatoms. The summed E-state index contributed by atoms with van der Waals surface area (Å²) < 4.78 is 0. The molecule has 90 valence electrons. The van der Waals surface area contributed by atoms with Gasteiger partial charge in [-0.1, -0.05) is 6.92 Å². The van der Waals surface area contributed by atoms with Gasteiger partial charge in [0.2, 0.25) is 0 Å². The van der Waals surface area contributed by atoms with Crippen molar-refractivity contribution in [2.75, 3.05) is 6.54 Å². The van der Waals surface area contributed by atoms with Crippen LogP contribution in [0.15, 0.2) is 4.99 Å². The molecule has 0 heterocycles. The molecule has 0 fully saturated rings. The first-order chi connectivity index (χ1) is 7.85. The number of rotatable bonds is 11. The third kappa shape index (κ3) is 10.8. The van der Waals surface area contributed by atoms with Gasteiger partial charge in [-0.3, -0.25) is 0 Å². The van der Waals surface area contributed by atoms with E-state index in [1.54, 1.807) is 0 Å². The number of unbranched alkanes of at least 4 members (excludes halogenated alkanes) is 5. The summed E-state index contributed by atoms with van der Waals surface area (Å²) in [6, 6.07) is 0. The predicted octanol–water partition coefficient (Wildman–Crippen LogP) is 4.56. The number of hydrogen-bond donors (Lipinski definition) is 0. The van der Waals surface area contributed by atoms with Crippen molar-refractivity contribution in [2.45, 2.75) is 76.7 Å². The van der Waals surface area contributed by atoms with Gasteiger partial charge in [0.05, 0.1) is 0 Å². The minimum atomic E-state index is 1.07. The van der Waals surface area contributed by atoms with Crippen molar-refractivity contribution in [2.24, 2.45) is 4.99 Å². The molecule has 0 unspecified atom stereocenters. The maximum atomic E-state index is 4.73. The molecule has 0 aliphatic carbocycles. The molecule has 0 saturated carbocycles. The molecule has 16 heavy (non-hydrogen) atoms. The van der Waals surface area contributed by atoms with Gasteiger partial charge in [0.25, 0.3) is 0 Å². The molecular formula is C14H28LiN. The zero-order valence-electron chi connectivity index (χ0n) is 11.7. The Labute approximate surface area is 112 Å². The van der Waals surface area contributed by atoms with Gasteiger partial charge in [0.15, 0.2) is 0 Å². The zero-order valence-corrected chi connectivity index (χ0v) is 11.7. The van der Waals surface area contributed by atoms with Gasteiger partial charge in [-0.15, -0.1) is 0 Å². The Morgan fingerprint density at radius 1 is 0.938 bits per heavy atom. The van der Waals surface area contributed by atoms with Crippen LogP contribution in [0.4, 0.5) is 0 Å². The second kappa shape index (κ2) is 13.3. The molecule has 0 atom stereocenters. The maximum absolute atomic E-state index is 4.73. The fourth-order valence-electron chi connectivity index (χ4n) is 1.90. The van der Waals surface area contributed by atoms with Crippen molar-refractivity contribution in [1.82, 2.24) is 0 Å². The van der Waals surface area contributed by atoms with E-state index in [0.29, 0.717) is 0 Å². The molecule has 0 amide bonds. The van der Waals surface area contributed by atoms with Gasteiger partial charge in [0.1, 0.15) is 0 Å². The van der Waals surface area contributed by atoms with Crippen LogP contribution in [0.5, 0.6) is 0 Å². The average molecular weight is 217 g/mol. The Balaban J connectivity index is 3.50. The summed E-state index contributed by atoms with van der Waals surface area (Å²) in [6.07, 6.45) is 11.8. The molecule has 0 aromatic heterocycles. The van der Waals surface area contributed by atoms with Gasteiger partial charge >= 0.3 is 105 Å². The fourth-order valence-corrected chi connectivity index (χ4v) is 1.90. The Kier molecular flexibility index (Phi) is 13.6. The Hall–Kier alpha value is 0.267. The van der Waals surface area contributed by atoms with Crippen LogP contribution >= 0.6 is 0 Å². The molecule has 0 aromatic carbocycles.